The van der Waals surface area contributed by atoms with E-state index in [2.05, 4.69) is 0 Å². The second kappa shape index (κ2) is 3.51. The van der Waals surface area contributed by atoms with Crippen LogP contribution in [0, 0.1) is 0 Å². The second-order valence-corrected chi connectivity index (χ2v) is 2.61. The summed E-state index contributed by atoms with van der Waals surface area (Å²) in [4.78, 5) is 9.78. The number of aliphatic carboxylic acids is 1. The summed E-state index contributed by atoms with van der Waals surface area (Å²) in [7, 11) is -0.473. The van der Waals surface area contributed by atoms with Crippen molar-refractivity contribution >= 4 is 14.4 Å². The molecule has 0 amide bonds. The van der Waals surface area contributed by atoms with Crippen molar-refractivity contribution in [2.45, 2.75) is 18.8 Å². The molecule has 0 aliphatic rings. The van der Waals surface area contributed by atoms with E-state index in [9.17, 15) is 13.8 Å². The van der Waals surface area contributed by atoms with Crippen LogP contribution in [0.4, 0.5) is 4.39 Å². The molecule has 0 spiro atoms. The summed E-state index contributed by atoms with van der Waals surface area (Å²) >= 11 is 0. The molecule has 2 atom stereocenters. The third kappa shape index (κ3) is 2.51. The molecule has 0 fully saturated rings. The molecule has 0 aromatic carbocycles. The molecule has 0 bridgehead atoms. The predicted octanol–water partition coefficient (Wildman–Crippen LogP) is 1.09. The number of alkyl halides is 1. The van der Waals surface area contributed by atoms with Gasteiger partial charge in [0.15, 0.2) is 8.46 Å². The molecule has 52 valence electrons. The highest BCUT2D eigenvalue weighted by Crippen LogP contribution is 2.12. The molecule has 0 aromatic rings. The second-order valence-electron chi connectivity index (χ2n) is 1.59. The summed E-state index contributed by atoms with van der Waals surface area (Å²) in [5.41, 5.74) is -0.956. The van der Waals surface area contributed by atoms with Gasteiger partial charge in [-0.2, -0.15) is 0 Å². The van der Waals surface area contributed by atoms with Crippen LogP contribution in [-0.4, -0.2) is 22.9 Å². The fourth-order valence-electron chi connectivity index (χ4n) is 0.260. The molecule has 0 saturated carbocycles. The van der Waals surface area contributed by atoms with Gasteiger partial charge in [-0.25, -0.2) is 9.18 Å². The fraction of sp³-hybridized carbons (Fsp3) is 0.750. The summed E-state index contributed by atoms with van der Waals surface area (Å²) in [5.74, 6) is -1.56. The summed E-state index contributed by atoms with van der Waals surface area (Å²) in [5, 5.41) is 7.97. The van der Waals surface area contributed by atoms with E-state index in [1.807, 2.05) is 0 Å². The van der Waals surface area contributed by atoms with Gasteiger partial charge < -0.3 is 5.11 Å². The maximum atomic E-state index is 12.1. The zero-order valence-electron chi connectivity index (χ0n) is 4.74. The molecular weight excluding hydrogens is 146 g/mol. The lowest BCUT2D eigenvalue weighted by molar-refractivity contribution is -0.142. The van der Waals surface area contributed by atoms with Crippen LogP contribution in [0.3, 0.4) is 0 Å². The zero-order valence-corrected chi connectivity index (χ0v) is 5.64. The third-order valence-corrected chi connectivity index (χ3v) is 1.42. The first-order valence-corrected chi connectivity index (χ1v) is 3.17. The number of carboxylic acid groups (broad SMARTS) is 1. The molecule has 0 aliphatic heterocycles. The number of hydrogen-bond donors (Lipinski definition) is 1. The lowest BCUT2D eigenvalue weighted by Gasteiger charge is -2.01. The van der Waals surface area contributed by atoms with Crippen LogP contribution < -0.4 is 0 Å². The van der Waals surface area contributed by atoms with E-state index >= 15 is 0 Å². The lowest BCUT2D eigenvalue weighted by atomic mass is 10.3. The van der Waals surface area contributed by atoms with E-state index in [1.54, 1.807) is 0 Å². The van der Waals surface area contributed by atoms with Crippen LogP contribution in [-0.2, 0) is 9.36 Å². The maximum Gasteiger partial charge on any atom is 0.339 e. The minimum absolute atomic E-state index is 0.473. The summed E-state index contributed by atoms with van der Waals surface area (Å²) in [6.07, 6.45) is -2.02. The highest BCUT2D eigenvalue weighted by molar-refractivity contribution is 7.24. The van der Waals surface area contributed by atoms with Gasteiger partial charge >= 0.3 is 5.97 Å². The minimum Gasteiger partial charge on any atom is -0.479 e. The van der Waals surface area contributed by atoms with Crippen LogP contribution in [0.5, 0.6) is 0 Å². The first-order chi connectivity index (χ1) is 4.09. The van der Waals surface area contributed by atoms with Gasteiger partial charge in [-0.05, 0) is 6.92 Å². The van der Waals surface area contributed by atoms with Crippen molar-refractivity contribution in [1.29, 1.82) is 0 Å². The standard InChI is InChI=1S/C4H6FO3P/c1-2(9-8)3(5)4(6)7/h2-3H,1H3,(H,6,7). The van der Waals surface area contributed by atoms with Crippen molar-refractivity contribution < 1.29 is 18.9 Å². The van der Waals surface area contributed by atoms with Crippen molar-refractivity contribution in [3.8, 4) is 0 Å². The van der Waals surface area contributed by atoms with Crippen molar-refractivity contribution in [2.24, 2.45) is 0 Å². The van der Waals surface area contributed by atoms with E-state index in [-0.39, 0.29) is 0 Å². The Bertz CT molecular complexity index is 127. The molecule has 0 radical (unpaired) electrons. The van der Waals surface area contributed by atoms with Crippen molar-refractivity contribution in [3.63, 3.8) is 0 Å². The highest BCUT2D eigenvalue weighted by atomic mass is 31.1. The molecule has 9 heavy (non-hydrogen) atoms. The number of carbonyl (C=O) groups is 1. The molecule has 0 rings (SSSR count). The van der Waals surface area contributed by atoms with E-state index in [0.717, 1.165) is 0 Å². The van der Waals surface area contributed by atoms with Gasteiger partial charge in [-0.1, -0.05) is 0 Å². The van der Waals surface area contributed by atoms with Gasteiger partial charge in [0.2, 0.25) is 6.17 Å². The Morgan fingerprint density at radius 3 is 2.33 bits per heavy atom. The SMILES string of the molecule is CC(P=O)C(F)C(=O)O. The summed E-state index contributed by atoms with van der Waals surface area (Å²) < 4.78 is 22.0. The van der Waals surface area contributed by atoms with Gasteiger partial charge in [-0.3, -0.25) is 4.57 Å². The minimum atomic E-state index is -2.02. The van der Waals surface area contributed by atoms with Crippen molar-refractivity contribution in [3.05, 3.63) is 0 Å². The van der Waals surface area contributed by atoms with Crippen molar-refractivity contribution in [1.82, 2.24) is 0 Å². The average Bonchev–Trinajstić information content (AvgIpc) is 1.84. The summed E-state index contributed by atoms with van der Waals surface area (Å²) in [6.45, 7) is 1.26. The number of carboxylic acids is 1. The van der Waals surface area contributed by atoms with Crippen molar-refractivity contribution in [2.75, 3.05) is 0 Å². The van der Waals surface area contributed by atoms with Gasteiger partial charge in [0.1, 0.15) is 0 Å². The molecule has 0 aliphatic carbocycles. The third-order valence-electron chi connectivity index (χ3n) is 0.826. The van der Waals surface area contributed by atoms with Gasteiger partial charge in [0.05, 0.1) is 5.66 Å². The number of halogens is 1. The Balaban J connectivity index is 3.86. The van der Waals surface area contributed by atoms with E-state index in [0.29, 0.717) is 0 Å². The van der Waals surface area contributed by atoms with Crippen LogP contribution in [0.1, 0.15) is 6.92 Å². The van der Waals surface area contributed by atoms with Crippen LogP contribution in [0.15, 0.2) is 0 Å². The topological polar surface area (TPSA) is 54.4 Å². The molecule has 3 nitrogen and oxygen atoms in total. The molecule has 1 N–H and O–H groups in total. The monoisotopic (exact) mass is 152 g/mol. The number of hydrogen-bond acceptors (Lipinski definition) is 2. The van der Waals surface area contributed by atoms with Crippen LogP contribution in [0.25, 0.3) is 0 Å². The Morgan fingerprint density at radius 2 is 2.22 bits per heavy atom. The molecule has 0 saturated heterocycles. The Labute approximate surface area is 53.1 Å². The molecule has 5 heteroatoms. The Morgan fingerprint density at radius 1 is 1.78 bits per heavy atom. The lowest BCUT2D eigenvalue weighted by Crippen LogP contribution is -2.22. The van der Waals surface area contributed by atoms with E-state index in [1.165, 1.54) is 6.92 Å². The van der Waals surface area contributed by atoms with E-state index in [4.69, 9.17) is 5.11 Å². The predicted molar refractivity (Wildman–Crippen MR) is 29.6 cm³/mol. The first-order valence-electron chi connectivity index (χ1n) is 2.29. The van der Waals surface area contributed by atoms with Gasteiger partial charge in [-0.15, -0.1) is 0 Å². The molecule has 0 heterocycles. The molecule has 2 unspecified atom stereocenters. The van der Waals surface area contributed by atoms with Gasteiger partial charge in [0.25, 0.3) is 0 Å². The Kier molecular flexibility index (Phi) is 3.32. The maximum absolute atomic E-state index is 12.1. The smallest absolute Gasteiger partial charge is 0.339 e. The highest BCUT2D eigenvalue weighted by Gasteiger charge is 2.23. The Hall–Kier alpha value is -0.500. The first kappa shape index (κ1) is 8.50. The molecule has 0 aromatic heterocycles. The average molecular weight is 152 g/mol. The summed E-state index contributed by atoms with van der Waals surface area (Å²) in [6, 6.07) is 0. The molecular formula is C4H6FO3P. The van der Waals surface area contributed by atoms with Gasteiger partial charge in [0, 0.05) is 0 Å². The van der Waals surface area contributed by atoms with E-state index < -0.39 is 26.3 Å². The van der Waals surface area contributed by atoms with Crippen LogP contribution in [0.2, 0.25) is 0 Å². The number of rotatable bonds is 3. The zero-order chi connectivity index (χ0) is 7.44. The largest absolute Gasteiger partial charge is 0.479 e. The quantitative estimate of drug-likeness (QED) is 0.615. The fourth-order valence-corrected chi connectivity index (χ4v) is 0.494. The normalized spacial score (nSPS) is 17.1. The van der Waals surface area contributed by atoms with Crippen LogP contribution >= 0.6 is 8.46 Å².